The topological polar surface area (TPSA) is 26.3 Å². The van der Waals surface area contributed by atoms with Crippen molar-refractivity contribution in [3.63, 3.8) is 0 Å². The molecule has 1 heterocycles. The summed E-state index contributed by atoms with van der Waals surface area (Å²) in [7, 11) is 0. The van der Waals surface area contributed by atoms with Crippen LogP contribution in [0, 0.1) is 0 Å². The number of halogens is 2. The van der Waals surface area contributed by atoms with Crippen molar-refractivity contribution in [2.75, 3.05) is 0 Å². The van der Waals surface area contributed by atoms with Gasteiger partial charge in [-0.3, -0.25) is 4.79 Å². The van der Waals surface area contributed by atoms with E-state index >= 15 is 0 Å². The zero-order valence-electron chi connectivity index (χ0n) is 7.69. The lowest BCUT2D eigenvalue weighted by Crippen LogP contribution is -2.37. The zero-order valence-corrected chi connectivity index (χ0v) is 7.69. The Morgan fingerprint density at radius 3 is 2.53 bits per heavy atom. The highest BCUT2D eigenvalue weighted by Crippen LogP contribution is 2.38. The number of hydrogen-bond acceptors (Lipinski definition) is 2. The minimum absolute atomic E-state index is 0.292. The molecule has 0 fully saturated rings. The fourth-order valence-electron chi connectivity index (χ4n) is 1.42. The molecule has 0 aliphatic carbocycles. The lowest BCUT2D eigenvalue weighted by atomic mass is 9.99. The second-order valence-electron chi connectivity index (χ2n) is 3.22. The maximum absolute atomic E-state index is 13.4. The third-order valence-electron chi connectivity index (χ3n) is 2.19. The van der Waals surface area contributed by atoms with Gasteiger partial charge in [-0.05, 0) is 5.56 Å². The lowest BCUT2D eigenvalue weighted by molar-refractivity contribution is -0.162. The molecule has 15 heavy (non-hydrogen) atoms. The summed E-state index contributed by atoms with van der Waals surface area (Å²) in [4.78, 5) is 11.0. The SMILES string of the molecule is O=C1C=COC(c2ccccc2)C1(F)F. The van der Waals surface area contributed by atoms with Gasteiger partial charge in [0.05, 0.1) is 6.26 Å². The van der Waals surface area contributed by atoms with Crippen LogP contribution in [0.2, 0.25) is 0 Å². The lowest BCUT2D eigenvalue weighted by Gasteiger charge is -2.27. The number of carbonyl (C=O) groups is 1. The molecule has 1 aromatic carbocycles. The molecular weight excluding hydrogens is 202 g/mol. The van der Waals surface area contributed by atoms with Crippen LogP contribution in [-0.2, 0) is 9.53 Å². The van der Waals surface area contributed by atoms with Gasteiger partial charge >= 0.3 is 5.92 Å². The van der Waals surface area contributed by atoms with E-state index in [2.05, 4.69) is 0 Å². The second-order valence-corrected chi connectivity index (χ2v) is 3.22. The Morgan fingerprint density at radius 1 is 1.20 bits per heavy atom. The van der Waals surface area contributed by atoms with E-state index in [1.54, 1.807) is 18.2 Å². The van der Waals surface area contributed by atoms with E-state index in [9.17, 15) is 13.6 Å². The summed E-state index contributed by atoms with van der Waals surface area (Å²) in [6.07, 6.45) is 0.243. The second kappa shape index (κ2) is 3.46. The standard InChI is InChI=1S/C11H8F2O2/c12-11(13)9(14)6-7-15-10(11)8-4-2-1-3-5-8/h1-7,10H. The molecule has 0 amide bonds. The minimum atomic E-state index is -3.49. The number of rotatable bonds is 1. The van der Waals surface area contributed by atoms with Crippen molar-refractivity contribution < 1.29 is 18.3 Å². The van der Waals surface area contributed by atoms with Crippen LogP contribution in [0.4, 0.5) is 8.78 Å². The first-order valence-electron chi connectivity index (χ1n) is 4.41. The maximum atomic E-state index is 13.4. The van der Waals surface area contributed by atoms with Gasteiger partial charge < -0.3 is 4.74 Å². The van der Waals surface area contributed by atoms with E-state index < -0.39 is 17.8 Å². The number of benzene rings is 1. The Morgan fingerprint density at radius 2 is 1.87 bits per heavy atom. The van der Waals surface area contributed by atoms with Crippen LogP contribution in [0.5, 0.6) is 0 Å². The molecule has 1 aliphatic heterocycles. The molecule has 2 nitrogen and oxygen atoms in total. The predicted octanol–water partition coefficient (Wildman–Crippen LogP) is 2.48. The quantitative estimate of drug-likeness (QED) is 0.711. The summed E-state index contributed by atoms with van der Waals surface area (Å²) in [5.74, 6) is -4.71. The highest BCUT2D eigenvalue weighted by molar-refractivity contribution is 5.96. The Bertz CT molecular complexity index is 398. The van der Waals surface area contributed by atoms with E-state index in [0.29, 0.717) is 5.56 Å². The number of ketones is 1. The summed E-state index contributed by atoms with van der Waals surface area (Å²) in [5.41, 5.74) is 0.292. The predicted molar refractivity (Wildman–Crippen MR) is 49.4 cm³/mol. The van der Waals surface area contributed by atoms with Crippen LogP contribution in [0.15, 0.2) is 42.7 Å². The van der Waals surface area contributed by atoms with Gasteiger partial charge in [0.15, 0.2) is 6.10 Å². The molecule has 0 aromatic heterocycles. The molecule has 0 bridgehead atoms. The van der Waals surface area contributed by atoms with Gasteiger partial charge in [-0.2, -0.15) is 8.78 Å². The first-order valence-corrected chi connectivity index (χ1v) is 4.41. The fraction of sp³-hybridized carbons (Fsp3) is 0.182. The van der Waals surface area contributed by atoms with Gasteiger partial charge in [0.2, 0.25) is 5.78 Å². The molecule has 1 aliphatic rings. The summed E-state index contributed by atoms with van der Waals surface area (Å²) in [6, 6.07) is 7.97. The number of carbonyl (C=O) groups excluding carboxylic acids is 1. The van der Waals surface area contributed by atoms with Crippen molar-refractivity contribution >= 4 is 5.78 Å². The molecule has 0 spiro atoms. The first-order chi connectivity index (χ1) is 7.12. The highest BCUT2D eigenvalue weighted by Gasteiger charge is 2.49. The molecule has 1 aromatic rings. The van der Waals surface area contributed by atoms with E-state index in [4.69, 9.17) is 4.74 Å². The summed E-state index contributed by atoms with van der Waals surface area (Å²) in [6.45, 7) is 0. The van der Waals surface area contributed by atoms with Gasteiger partial charge in [0, 0.05) is 6.08 Å². The molecule has 4 heteroatoms. The molecule has 0 radical (unpaired) electrons. The first kappa shape index (κ1) is 9.83. The smallest absolute Gasteiger partial charge is 0.349 e. The average molecular weight is 210 g/mol. The van der Waals surface area contributed by atoms with Gasteiger partial charge in [-0.15, -0.1) is 0 Å². The van der Waals surface area contributed by atoms with Crippen LogP contribution in [-0.4, -0.2) is 11.7 Å². The molecule has 78 valence electrons. The van der Waals surface area contributed by atoms with Crippen molar-refractivity contribution in [2.24, 2.45) is 0 Å². The maximum Gasteiger partial charge on any atom is 0.349 e. The molecule has 1 atom stereocenters. The van der Waals surface area contributed by atoms with Crippen LogP contribution < -0.4 is 0 Å². The van der Waals surface area contributed by atoms with Crippen LogP contribution in [0.3, 0.4) is 0 Å². The van der Waals surface area contributed by atoms with Crippen molar-refractivity contribution in [1.29, 1.82) is 0 Å². The van der Waals surface area contributed by atoms with Gasteiger partial charge in [0.1, 0.15) is 0 Å². The van der Waals surface area contributed by atoms with Crippen molar-refractivity contribution in [3.05, 3.63) is 48.2 Å². The summed E-state index contributed by atoms with van der Waals surface area (Å²) < 4.78 is 31.6. The molecule has 0 N–H and O–H groups in total. The van der Waals surface area contributed by atoms with E-state index in [1.807, 2.05) is 0 Å². The van der Waals surface area contributed by atoms with Gasteiger partial charge in [0.25, 0.3) is 0 Å². The number of hydrogen-bond donors (Lipinski definition) is 0. The molecular formula is C11H8F2O2. The van der Waals surface area contributed by atoms with Gasteiger partial charge in [-0.25, -0.2) is 0 Å². The number of alkyl halides is 2. The van der Waals surface area contributed by atoms with Crippen molar-refractivity contribution in [3.8, 4) is 0 Å². The van der Waals surface area contributed by atoms with Gasteiger partial charge in [-0.1, -0.05) is 30.3 Å². The van der Waals surface area contributed by atoms with Crippen LogP contribution in [0.1, 0.15) is 11.7 Å². The van der Waals surface area contributed by atoms with Crippen LogP contribution in [0.25, 0.3) is 0 Å². The summed E-state index contributed by atoms with van der Waals surface area (Å²) >= 11 is 0. The van der Waals surface area contributed by atoms with E-state index in [-0.39, 0.29) is 0 Å². The van der Waals surface area contributed by atoms with Crippen LogP contribution >= 0.6 is 0 Å². The fourth-order valence-corrected chi connectivity index (χ4v) is 1.42. The molecule has 0 saturated heterocycles. The Labute approximate surface area is 85.2 Å². The van der Waals surface area contributed by atoms with E-state index in [0.717, 1.165) is 12.3 Å². The molecule has 1 unspecified atom stereocenters. The average Bonchev–Trinajstić information content (AvgIpc) is 2.23. The Balaban J connectivity index is 2.38. The monoisotopic (exact) mass is 210 g/mol. The number of allylic oxidation sites excluding steroid dienone is 1. The minimum Gasteiger partial charge on any atom is -0.486 e. The normalized spacial score (nSPS) is 23.6. The van der Waals surface area contributed by atoms with Crippen molar-refractivity contribution in [1.82, 2.24) is 0 Å². The molecule has 0 saturated carbocycles. The summed E-state index contributed by atoms with van der Waals surface area (Å²) in [5, 5.41) is 0. The van der Waals surface area contributed by atoms with Crippen molar-refractivity contribution in [2.45, 2.75) is 12.0 Å². The third-order valence-corrected chi connectivity index (χ3v) is 2.19. The third kappa shape index (κ3) is 1.63. The number of ether oxygens (including phenoxy) is 1. The molecule has 2 rings (SSSR count). The largest absolute Gasteiger partial charge is 0.486 e. The highest BCUT2D eigenvalue weighted by atomic mass is 19.3. The van der Waals surface area contributed by atoms with E-state index in [1.165, 1.54) is 12.1 Å². The Hall–Kier alpha value is -1.71. The Kier molecular flexibility index (Phi) is 2.26. The zero-order chi connectivity index (χ0) is 10.9.